The Morgan fingerprint density at radius 3 is 2.59 bits per heavy atom. The van der Waals surface area contributed by atoms with Crippen LogP contribution in [0.25, 0.3) is 0 Å². The summed E-state index contributed by atoms with van der Waals surface area (Å²) in [5.41, 5.74) is 4.94. The van der Waals surface area contributed by atoms with Gasteiger partial charge in [-0.1, -0.05) is 0 Å². The van der Waals surface area contributed by atoms with Gasteiger partial charge in [0.15, 0.2) is 0 Å². The highest BCUT2D eigenvalue weighted by molar-refractivity contribution is 5.93. The number of carbonyl (C=O) groups is 2. The van der Waals surface area contributed by atoms with Crippen LogP contribution in [0.3, 0.4) is 0 Å². The fraction of sp³-hybridized carbons (Fsp3) is 0.200. The van der Waals surface area contributed by atoms with Crippen LogP contribution in [0.5, 0.6) is 0 Å². The van der Waals surface area contributed by atoms with Crippen LogP contribution in [0.4, 0.5) is 5.69 Å². The van der Waals surface area contributed by atoms with E-state index in [1.165, 1.54) is 19.1 Å². The maximum absolute atomic E-state index is 10.9. The number of nitro benzene ring substituents is 1. The van der Waals surface area contributed by atoms with Gasteiger partial charge < -0.3 is 10.5 Å². The summed E-state index contributed by atoms with van der Waals surface area (Å²) in [6.45, 7) is 0.980. The van der Waals surface area contributed by atoms with Gasteiger partial charge in [0.05, 0.1) is 10.5 Å². The molecule has 0 saturated heterocycles. The van der Waals surface area contributed by atoms with Gasteiger partial charge in [-0.25, -0.2) is 0 Å². The van der Waals surface area contributed by atoms with E-state index in [1.54, 1.807) is 0 Å². The maximum Gasteiger partial charge on any atom is 0.302 e. The molecule has 1 amide bonds. The lowest BCUT2D eigenvalue weighted by atomic mass is 10.1. The van der Waals surface area contributed by atoms with E-state index in [4.69, 9.17) is 5.73 Å². The van der Waals surface area contributed by atoms with Crippen molar-refractivity contribution in [1.82, 2.24) is 0 Å². The number of ether oxygens (including phenoxy) is 1. The molecule has 7 nitrogen and oxygen atoms in total. The zero-order valence-corrected chi connectivity index (χ0v) is 9.00. The Morgan fingerprint density at radius 2 is 2.12 bits per heavy atom. The number of esters is 1. The van der Waals surface area contributed by atoms with E-state index in [2.05, 4.69) is 4.74 Å². The van der Waals surface area contributed by atoms with Gasteiger partial charge in [0.25, 0.3) is 5.69 Å². The molecule has 0 aromatic heterocycles. The first-order chi connectivity index (χ1) is 7.91. The van der Waals surface area contributed by atoms with Gasteiger partial charge in [-0.3, -0.25) is 19.7 Å². The largest absolute Gasteiger partial charge is 0.461 e. The average molecular weight is 238 g/mol. The Labute approximate surface area is 96.3 Å². The molecule has 0 aliphatic carbocycles. The van der Waals surface area contributed by atoms with Crippen molar-refractivity contribution in [3.8, 4) is 0 Å². The SMILES string of the molecule is CC(=O)OCc1ccc(C(N)=O)cc1[N+](=O)[O-]. The number of nitro groups is 1. The second kappa shape index (κ2) is 5.06. The van der Waals surface area contributed by atoms with Crippen molar-refractivity contribution in [3.63, 3.8) is 0 Å². The van der Waals surface area contributed by atoms with Crippen LogP contribution in [-0.2, 0) is 16.1 Å². The fourth-order valence-corrected chi connectivity index (χ4v) is 1.19. The normalized spacial score (nSPS) is 9.71. The lowest BCUT2D eigenvalue weighted by Gasteiger charge is -2.04. The van der Waals surface area contributed by atoms with E-state index in [-0.39, 0.29) is 23.4 Å². The first-order valence-electron chi connectivity index (χ1n) is 4.62. The summed E-state index contributed by atoms with van der Waals surface area (Å²) in [6.07, 6.45) is 0. The fourth-order valence-electron chi connectivity index (χ4n) is 1.19. The molecule has 0 atom stereocenters. The van der Waals surface area contributed by atoms with Gasteiger partial charge in [0.2, 0.25) is 5.91 Å². The molecule has 2 N–H and O–H groups in total. The van der Waals surface area contributed by atoms with Crippen molar-refractivity contribution < 1.29 is 19.2 Å². The molecule has 0 aliphatic heterocycles. The number of amides is 1. The molecule has 0 heterocycles. The Kier molecular flexibility index (Phi) is 3.76. The Morgan fingerprint density at radius 1 is 1.47 bits per heavy atom. The van der Waals surface area contributed by atoms with Gasteiger partial charge in [0.1, 0.15) is 6.61 Å². The van der Waals surface area contributed by atoms with Crippen molar-refractivity contribution in [2.75, 3.05) is 0 Å². The second-order valence-corrected chi connectivity index (χ2v) is 3.25. The summed E-state index contributed by atoms with van der Waals surface area (Å²) >= 11 is 0. The molecule has 7 heteroatoms. The third kappa shape index (κ3) is 3.26. The number of carbonyl (C=O) groups excluding carboxylic acids is 2. The molecule has 1 aromatic carbocycles. The number of hydrogen-bond donors (Lipinski definition) is 1. The number of primary amides is 1. The molecule has 90 valence electrons. The highest BCUT2D eigenvalue weighted by Crippen LogP contribution is 2.21. The summed E-state index contributed by atoms with van der Waals surface area (Å²) in [6, 6.07) is 3.73. The van der Waals surface area contributed by atoms with E-state index >= 15 is 0 Å². The minimum Gasteiger partial charge on any atom is -0.461 e. The molecule has 17 heavy (non-hydrogen) atoms. The molecule has 1 rings (SSSR count). The molecule has 0 saturated carbocycles. The molecule has 0 radical (unpaired) electrons. The van der Waals surface area contributed by atoms with E-state index < -0.39 is 16.8 Å². The van der Waals surface area contributed by atoms with Crippen molar-refractivity contribution in [3.05, 3.63) is 39.4 Å². The molecule has 0 unspecified atom stereocenters. The summed E-state index contributed by atoms with van der Waals surface area (Å²) in [7, 11) is 0. The van der Waals surface area contributed by atoms with Gasteiger partial charge in [-0.05, 0) is 12.1 Å². The van der Waals surface area contributed by atoms with Crippen LogP contribution >= 0.6 is 0 Å². The lowest BCUT2D eigenvalue weighted by molar-refractivity contribution is -0.385. The zero-order valence-electron chi connectivity index (χ0n) is 9.00. The molecular formula is C10H10N2O5. The molecular weight excluding hydrogens is 228 g/mol. The smallest absolute Gasteiger partial charge is 0.302 e. The van der Waals surface area contributed by atoms with Gasteiger partial charge >= 0.3 is 5.97 Å². The number of benzene rings is 1. The van der Waals surface area contributed by atoms with Crippen molar-refractivity contribution in [2.45, 2.75) is 13.5 Å². The van der Waals surface area contributed by atoms with Crippen LogP contribution in [0.2, 0.25) is 0 Å². The monoisotopic (exact) mass is 238 g/mol. The van der Waals surface area contributed by atoms with Crippen molar-refractivity contribution >= 4 is 17.6 Å². The van der Waals surface area contributed by atoms with E-state index in [1.807, 2.05) is 0 Å². The van der Waals surface area contributed by atoms with Crippen LogP contribution in [0, 0.1) is 10.1 Å². The third-order valence-electron chi connectivity index (χ3n) is 2.00. The lowest BCUT2D eigenvalue weighted by Crippen LogP contribution is -2.12. The van der Waals surface area contributed by atoms with Crippen LogP contribution in [0.15, 0.2) is 18.2 Å². The predicted octanol–water partition coefficient (Wildman–Crippen LogP) is 0.757. The summed E-state index contributed by atoms with van der Waals surface area (Å²) in [4.78, 5) is 31.6. The quantitative estimate of drug-likeness (QED) is 0.472. The number of rotatable bonds is 4. The van der Waals surface area contributed by atoms with Crippen LogP contribution < -0.4 is 5.73 Å². The average Bonchev–Trinajstić information content (AvgIpc) is 2.25. The molecule has 1 aromatic rings. The molecule has 0 aliphatic rings. The number of nitrogens with two attached hydrogens (primary N) is 1. The zero-order chi connectivity index (χ0) is 13.0. The predicted molar refractivity (Wildman–Crippen MR) is 57.1 cm³/mol. The Balaban J connectivity index is 3.08. The highest BCUT2D eigenvalue weighted by Gasteiger charge is 2.17. The minimum absolute atomic E-state index is 0.0308. The first kappa shape index (κ1) is 12.6. The molecule has 0 bridgehead atoms. The van der Waals surface area contributed by atoms with Crippen LogP contribution in [0.1, 0.15) is 22.8 Å². The minimum atomic E-state index is -0.757. The molecule has 0 fully saturated rings. The van der Waals surface area contributed by atoms with Crippen molar-refractivity contribution in [1.29, 1.82) is 0 Å². The summed E-state index contributed by atoms with van der Waals surface area (Å²) in [5, 5.41) is 10.8. The Bertz CT molecular complexity index is 484. The topological polar surface area (TPSA) is 113 Å². The highest BCUT2D eigenvalue weighted by atomic mass is 16.6. The van der Waals surface area contributed by atoms with Crippen LogP contribution in [-0.4, -0.2) is 16.8 Å². The van der Waals surface area contributed by atoms with E-state index in [0.717, 1.165) is 6.07 Å². The first-order valence-corrected chi connectivity index (χ1v) is 4.62. The second-order valence-electron chi connectivity index (χ2n) is 3.25. The number of nitrogens with zero attached hydrogens (tertiary/aromatic N) is 1. The maximum atomic E-state index is 10.9. The van der Waals surface area contributed by atoms with E-state index in [9.17, 15) is 19.7 Å². The number of hydrogen-bond acceptors (Lipinski definition) is 5. The van der Waals surface area contributed by atoms with Gasteiger partial charge in [0, 0.05) is 18.6 Å². The Hall–Kier alpha value is -2.44. The van der Waals surface area contributed by atoms with E-state index in [0.29, 0.717) is 0 Å². The van der Waals surface area contributed by atoms with Gasteiger partial charge in [-0.2, -0.15) is 0 Å². The van der Waals surface area contributed by atoms with Crippen molar-refractivity contribution in [2.24, 2.45) is 5.73 Å². The standard InChI is InChI=1S/C10H10N2O5/c1-6(13)17-5-8-3-2-7(10(11)14)4-9(8)12(15)16/h2-4H,5H2,1H3,(H2,11,14). The summed E-state index contributed by atoms with van der Waals surface area (Å²) < 4.78 is 4.66. The summed E-state index contributed by atoms with van der Waals surface area (Å²) in [5.74, 6) is -1.30. The molecule has 0 spiro atoms. The third-order valence-corrected chi connectivity index (χ3v) is 2.00. The van der Waals surface area contributed by atoms with Gasteiger partial charge in [-0.15, -0.1) is 0 Å².